The molecule has 1 fully saturated rings. The Morgan fingerprint density at radius 1 is 1.14 bits per heavy atom. The molecule has 1 aliphatic rings. The summed E-state index contributed by atoms with van der Waals surface area (Å²) < 4.78 is 13.0. The Morgan fingerprint density at radius 3 is 2.50 bits per heavy atom. The molecule has 7 heteroatoms. The highest BCUT2D eigenvalue weighted by molar-refractivity contribution is 5.97. The van der Waals surface area contributed by atoms with E-state index in [4.69, 9.17) is 0 Å². The van der Waals surface area contributed by atoms with Crippen LogP contribution in [0.5, 0.6) is 0 Å². The molecule has 0 saturated carbocycles. The molecule has 6 nitrogen and oxygen atoms in total. The van der Waals surface area contributed by atoms with E-state index in [1.807, 2.05) is 0 Å². The van der Waals surface area contributed by atoms with Crippen LogP contribution in [0.2, 0.25) is 0 Å². The van der Waals surface area contributed by atoms with Gasteiger partial charge in [0.25, 0.3) is 5.69 Å². The summed E-state index contributed by atoms with van der Waals surface area (Å²) in [4.78, 5) is 25.5. The van der Waals surface area contributed by atoms with Gasteiger partial charge in [0.05, 0.1) is 4.92 Å². The zero-order valence-electron chi connectivity index (χ0n) is 15.6. The number of anilines is 1. The van der Waals surface area contributed by atoms with Crippen LogP contribution in [0.1, 0.15) is 29.6 Å². The van der Waals surface area contributed by atoms with Crippen molar-refractivity contribution >= 4 is 17.2 Å². The van der Waals surface area contributed by atoms with Crippen molar-refractivity contribution in [3.05, 3.63) is 70.0 Å². The van der Waals surface area contributed by atoms with E-state index in [0.29, 0.717) is 17.8 Å². The number of nitrogens with zero attached hydrogens (tertiary/aromatic N) is 2. The van der Waals surface area contributed by atoms with E-state index in [2.05, 4.69) is 10.2 Å². The second-order valence-electron chi connectivity index (χ2n) is 7.04. The van der Waals surface area contributed by atoms with Crippen molar-refractivity contribution in [3.63, 3.8) is 0 Å². The fraction of sp³-hybridized carbons (Fsp3) is 0.381. The molecule has 0 aromatic heterocycles. The van der Waals surface area contributed by atoms with E-state index in [0.717, 1.165) is 38.9 Å². The average Bonchev–Trinajstić information content (AvgIpc) is 2.72. The third-order valence-electron chi connectivity index (χ3n) is 5.15. The highest BCUT2D eigenvalue weighted by Gasteiger charge is 2.25. The maximum Gasteiger partial charge on any atom is 0.292 e. The molecule has 1 heterocycles. The molecule has 0 aliphatic carbocycles. The zero-order valence-corrected chi connectivity index (χ0v) is 15.6. The number of nitro benzene ring substituents is 1. The molecule has 3 rings (SSSR count). The van der Waals surface area contributed by atoms with Crippen LogP contribution >= 0.6 is 0 Å². The summed E-state index contributed by atoms with van der Waals surface area (Å²) in [6.07, 6.45) is 2.46. The maximum atomic E-state index is 13.0. The SMILES string of the molecule is O=C(c1ccc(F)cc1)C1CCN(CCCNc2ccccc2[N+](=O)[O-])CC1. The fourth-order valence-electron chi connectivity index (χ4n) is 3.58. The number of nitrogens with one attached hydrogen (secondary N) is 1. The number of piperidine rings is 1. The molecule has 2 aromatic carbocycles. The Hall–Kier alpha value is -2.80. The van der Waals surface area contributed by atoms with E-state index in [9.17, 15) is 19.3 Å². The summed E-state index contributed by atoms with van der Waals surface area (Å²) in [5, 5.41) is 14.2. The fourth-order valence-corrected chi connectivity index (χ4v) is 3.58. The summed E-state index contributed by atoms with van der Waals surface area (Å²) in [5.41, 5.74) is 1.20. The molecular formula is C21H24FN3O3. The summed E-state index contributed by atoms with van der Waals surface area (Å²) >= 11 is 0. The lowest BCUT2D eigenvalue weighted by atomic mass is 9.89. The normalized spacial score (nSPS) is 15.3. The van der Waals surface area contributed by atoms with E-state index >= 15 is 0 Å². The smallest absolute Gasteiger partial charge is 0.292 e. The van der Waals surface area contributed by atoms with Gasteiger partial charge in [-0.05, 0) is 69.2 Å². The molecule has 1 saturated heterocycles. The van der Waals surface area contributed by atoms with Crippen LogP contribution in [-0.4, -0.2) is 41.8 Å². The highest BCUT2D eigenvalue weighted by Crippen LogP contribution is 2.24. The summed E-state index contributed by atoms with van der Waals surface area (Å²) in [6.45, 7) is 3.23. The third kappa shape index (κ3) is 5.13. The summed E-state index contributed by atoms with van der Waals surface area (Å²) in [5.74, 6) is -0.245. The quantitative estimate of drug-likeness (QED) is 0.320. The second-order valence-corrected chi connectivity index (χ2v) is 7.04. The van der Waals surface area contributed by atoms with E-state index in [1.165, 1.54) is 18.2 Å². The molecule has 148 valence electrons. The van der Waals surface area contributed by atoms with Gasteiger partial charge in [0, 0.05) is 24.1 Å². The Balaban J connectivity index is 1.40. The van der Waals surface area contributed by atoms with Crippen molar-refractivity contribution in [2.45, 2.75) is 19.3 Å². The third-order valence-corrected chi connectivity index (χ3v) is 5.15. The van der Waals surface area contributed by atoms with Gasteiger partial charge in [-0.1, -0.05) is 12.1 Å². The van der Waals surface area contributed by atoms with Crippen LogP contribution in [0.15, 0.2) is 48.5 Å². The second kappa shape index (κ2) is 9.41. The number of carbonyl (C=O) groups excluding carboxylic acids is 1. The predicted molar refractivity (Wildman–Crippen MR) is 106 cm³/mol. The van der Waals surface area contributed by atoms with Gasteiger partial charge < -0.3 is 10.2 Å². The molecule has 0 amide bonds. The van der Waals surface area contributed by atoms with Gasteiger partial charge in [-0.25, -0.2) is 4.39 Å². The van der Waals surface area contributed by atoms with Crippen LogP contribution in [0.25, 0.3) is 0 Å². The van der Waals surface area contributed by atoms with Crippen LogP contribution in [-0.2, 0) is 0 Å². The van der Waals surface area contributed by atoms with Crippen LogP contribution < -0.4 is 5.32 Å². The Kier molecular flexibility index (Phi) is 6.71. The van der Waals surface area contributed by atoms with Gasteiger partial charge >= 0.3 is 0 Å². The molecule has 0 atom stereocenters. The number of hydrogen-bond acceptors (Lipinski definition) is 5. The van der Waals surface area contributed by atoms with Crippen molar-refractivity contribution in [2.24, 2.45) is 5.92 Å². The molecule has 1 aliphatic heterocycles. The van der Waals surface area contributed by atoms with Gasteiger partial charge in [0.2, 0.25) is 0 Å². The van der Waals surface area contributed by atoms with Crippen molar-refractivity contribution in [3.8, 4) is 0 Å². The van der Waals surface area contributed by atoms with Crippen molar-refractivity contribution in [1.82, 2.24) is 4.90 Å². The number of halogens is 1. The molecule has 0 unspecified atom stereocenters. The molecule has 2 aromatic rings. The first-order valence-corrected chi connectivity index (χ1v) is 9.54. The number of rotatable bonds is 8. The van der Waals surface area contributed by atoms with Crippen LogP contribution in [0.3, 0.4) is 0 Å². The number of nitro groups is 1. The number of ketones is 1. The molecule has 0 radical (unpaired) electrons. The molecular weight excluding hydrogens is 361 g/mol. The zero-order chi connectivity index (χ0) is 19.9. The van der Waals surface area contributed by atoms with E-state index in [1.54, 1.807) is 30.3 Å². The molecule has 0 spiro atoms. The first-order valence-electron chi connectivity index (χ1n) is 9.54. The largest absolute Gasteiger partial charge is 0.379 e. The minimum absolute atomic E-state index is 0.00759. The summed E-state index contributed by atoms with van der Waals surface area (Å²) in [7, 11) is 0. The lowest BCUT2D eigenvalue weighted by molar-refractivity contribution is -0.384. The topological polar surface area (TPSA) is 75.5 Å². The van der Waals surface area contributed by atoms with Crippen molar-refractivity contribution in [2.75, 3.05) is 31.5 Å². The van der Waals surface area contributed by atoms with Crippen LogP contribution in [0, 0.1) is 21.8 Å². The lowest BCUT2D eigenvalue weighted by Crippen LogP contribution is -2.37. The van der Waals surface area contributed by atoms with Gasteiger partial charge in [-0.3, -0.25) is 14.9 Å². The van der Waals surface area contributed by atoms with Gasteiger partial charge in [-0.15, -0.1) is 0 Å². The van der Waals surface area contributed by atoms with Crippen LogP contribution in [0.4, 0.5) is 15.8 Å². The number of carbonyl (C=O) groups is 1. The van der Waals surface area contributed by atoms with E-state index in [-0.39, 0.29) is 28.1 Å². The number of Topliss-reactive ketones (excluding diaryl/α,β-unsaturated/α-hetero) is 1. The minimum atomic E-state index is -0.384. The van der Waals surface area contributed by atoms with Gasteiger partial charge in [0.1, 0.15) is 11.5 Å². The van der Waals surface area contributed by atoms with E-state index < -0.39 is 0 Å². The lowest BCUT2D eigenvalue weighted by Gasteiger charge is -2.31. The Bertz CT molecular complexity index is 818. The molecule has 0 bridgehead atoms. The summed E-state index contributed by atoms with van der Waals surface area (Å²) in [6, 6.07) is 12.4. The standard InChI is InChI=1S/C21H24FN3O3/c22-18-8-6-16(7-9-18)21(26)17-10-14-24(15-11-17)13-3-12-23-19-4-1-2-5-20(19)25(27)28/h1-2,4-9,17,23H,3,10-15H2. The first kappa shape index (κ1) is 19.9. The van der Waals surface area contributed by atoms with Crippen molar-refractivity contribution in [1.29, 1.82) is 0 Å². The van der Waals surface area contributed by atoms with Crippen molar-refractivity contribution < 1.29 is 14.1 Å². The number of para-hydroxylation sites is 2. The molecule has 1 N–H and O–H groups in total. The molecule has 28 heavy (non-hydrogen) atoms. The minimum Gasteiger partial charge on any atom is -0.379 e. The average molecular weight is 385 g/mol. The van der Waals surface area contributed by atoms with Gasteiger partial charge in [0.15, 0.2) is 5.78 Å². The van der Waals surface area contributed by atoms with Gasteiger partial charge in [-0.2, -0.15) is 0 Å². The first-order chi connectivity index (χ1) is 13.5. The number of likely N-dealkylation sites (tertiary alicyclic amines) is 1. The Labute approximate surface area is 163 Å². The highest BCUT2D eigenvalue weighted by atomic mass is 19.1. The monoisotopic (exact) mass is 385 g/mol. The number of hydrogen-bond donors (Lipinski definition) is 1. The Morgan fingerprint density at radius 2 is 1.82 bits per heavy atom. The number of benzene rings is 2. The predicted octanol–water partition coefficient (Wildman–Crippen LogP) is 4.13. The maximum absolute atomic E-state index is 13.0.